The number of carbonyl (C=O) groups excluding carboxylic acids is 2. The molecule has 0 aromatic rings. The van der Waals surface area contributed by atoms with Gasteiger partial charge in [-0.3, -0.25) is 9.59 Å². The van der Waals surface area contributed by atoms with Crippen LogP contribution in [0.25, 0.3) is 0 Å². The molecule has 0 fully saturated rings. The first kappa shape index (κ1) is 65.3. The topological polar surface area (TPSA) is 99.1 Å². The fourth-order valence-electron chi connectivity index (χ4n) is 9.45. The van der Waals surface area contributed by atoms with Crippen molar-refractivity contribution in [1.29, 1.82) is 0 Å². The molecular formula is C59H116NO7+. The summed E-state index contributed by atoms with van der Waals surface area (Å²) in [6.07, 6.45) is 57.4. The number of ether oxygens (including phenoxy) is 3. The van der Waals surface area contributed by atoms with E-state index >= 15 is 0 Å². The Hall–Kier alpha value is -1.67. The fraction of sp³-hybridized carbons (Fsp3) is 0.949. The Bertz CT molecular complexity index is 1060. The van der Waals surface area contributed by atoms with Crippen molar-refractivity contribution >= 4 is 17.9 Å². The van der Waals surface area contributed by atoms with Crippen LogP contribution in [0.15, 0.2) is 0 Å². The molecule has 8 heteroatoms. The van der Waals surface area contributed by atoms with E-state index < -0.39 is 18.1 Å². The lowest BCUT2D eigenvalue weighted by Gasteiger charge is -2.31. The number of carboxylic acids is 1. The number of hydrogen-bond donors (Lipinski definition) is 1. The third-order valence-corrected chi connectivity index (χ3v) is 14.0. The van der Waals surface area contributed by atoms with Gasteiger partial charge >= 0.3 is 17.9 Å². The minimum absolute atomic E-state index is 0.0408. The van der Waals surface area contributed by atoms with Crippen LogP contribution in [0, 0.1) is 0 Å². The van der Waals surface area contributed by atoms with Gasteiger partial charge in [0.15, 0.2) is 12.1 Å². The summed E-state index contributed by atoms with van der Waals surface area (Å²) in [4.78, 5) is 37.3. The van der Waals surface area contributed by atoms with Crippen molar-refractivity contribution in [2.75, 3.05) is 41.0 Å². The molecule has 0 heterocycles. The summed E-state index contributed by atoms with van der Waals surface area (Å²) in [6, 6.07) is -0.610. The van der Waals surface area contributed by atoms with Crippen molar-refractivity contribution in [3.05, 3.63) is 0 Å². The smallest absolute Gasteiger partial charge is 0.362 e. The fourth-order valence-corrected chi connectivity index (χ4v) is 9.45. The van der Waals surface area contributed by atoms with Crippen LogP contribution in [-0.2, 0) is 28.6 Å². The van der Waals surface area contributed by atoms with E-state index in [1.54, 1.807) is 0 Å². The number of aliphatic carboxylic acids is 1. The first-order valence-corrected chi connectivity index (χ1v) is 29.6. The number of nitrogens with zero attached hydrogens (tertiary/aromatic N) is 1. The molecule has 0 aliphatic heterocycles. The first-order valence-electron chi connectivity index (χ1n) is 29.6. The van der Waals surface area contributed by atoms with Crippen LogP contribution in [0.5, 0.6) is 0 Å². The maximum atomic E-state index is 12.8. The zero-order chi connectivity index (χ0) is 49.2. The molecule has 2 unspecified atom stereocenters. The summed E-state index contributed by atoms with van der Waals surface area (Å²) in [6.45, 7) is 4.82. The Balaban J connectivity index is 4.09. The molecule has 0 rings (SSSR count). The van der Waals surface area contributed by atoms with Crippen LogP contribution in [0.2, 0.25) is 0 Å². The van der Waals surface area contributed by atoms with Gasteiger partial charge in [-0.2, -0.15) is 0 Å². The molecule has 0 bridgehead atoms. The minimum Gasteiger partial charge on any atom is -0.477 e. The van der Waals surface area contributed by atoms with Crippen molar-refractivity contribution in [1.82, 2.24) is 0 Å². The molecule has 0 saturated heterocycles. The normalized spacial score (nSPS) is 12.7. The summed E-state index contributed by atoms with van der Waals surface area (Å²) in [5.41, 5.74) is 0. The van der Waals surface area contributed by atoms with Gasteiger partial charge in [-0.25, -0.2) is 4.79 Å². The molecule has 0 radical (unpaired) electrons. The quantitative estimate of drug-likeness (QED) is 0.0368. The second-order valence-electron chi connectivity index (χ2n) is 21.6. The molecule has 0 saturated carbocycles. The summed E-state index contributed by atoms with van der Waals surface area (Å²) in [5, 5.41) is 9.68. The van der Waals surface area contributed by atoms with Crippen molar-refractivity contribution in [3.8, 4) is 0 Å². The molecule has 0 spiro atoms. The Morgan fingerprint density at radius 3 is 0.925 bits per heavy atom. The second-order valence-corrected chi connectivity index (χ2v) is 21.6. The van der Waals surface area contributed by atoms with E-state index in [0.29, 0.717) is 19.3 Å². The Labute approximate surface area is 416 Å². The highest BCUT2D eigenvalue weighted by Crippen LogP contribution is 2.18. The number of unbranched alkanes of at least 4 members (excludes halogenated alkanes) is 41. The summed E-state index contributed by atoms with van der Waals surface area (Å²) in [7, 11) is 5.56. The zero-order valence-corrected chi connectivity index (χ0v) is 45.6. The van der Waals surface area contributed by atoms with Crippen LogP contribution in [0.4, 0.5) is 0 Å². The van der Waals surface area contributed by atoms with Crippen molar-refractivity contribution in [3.63, 3.8) is 0 Å². The van der Waals surface area contributed by atoms with Gasteiger partial charge in [-0.15, -0.1) is 0 Å². The van der Waals surface area contributed by atoms with Crippen LogP contribution in [0.3, 0.4) is 0 Å². The van der Waals surface area contributed by atoms with Gasteiger partial charge in [-0.1, -0.05) is 277 Å². The van der Waals surface area contributed by atoms with Crippen molar-refractivity contribution < 1.29 is 38.2 Å². The van der Waals surface area contributed by atoms with Gasteiger partial charge in [0.2, 0.25) is 0 Å². The number of carbonyl (C=O) groups is 3. The maximum absolute atomic E-state index is 12.8. The van der Waals surface area contributed by atoms with Crippen LogP contribution < -0.4 is 0 Å². The Morgan fingerprint density at radius 1 is 0.388 bits per heavy atom. The number of likely N-dealkylation sites (N-methyl/N-ethyl adjacent to an activating group) is 1. The van der Waals surface area contributed by atoms with E-state index in [-0.39, 0.29) is 36.2 Å². The van der Waals surface area contributed by atoms with E-state index in [1.165, 1.54) is 238 Å². The van der Waals surface area contributed by atoms with Crippen LogP contribution in [-0.4, -0.2) is 80.6 Å². The highest BCUT2D eigenvalue weighted by molar-refractivity contribution is 5.72. The standard InChI is InChI=1S/C59H115NO7/c1-6-8-10-12-14-16-18-20-22-24-26-28-30-31-33-35-37-39-41-43-45-47-49-57(61)66-54-55(53-65-52-51-56(59(63)64)60(3,4)5)67-58(62)50-48-46-44-42-40-38-36-34-32-29-27-25-23-21-19-17-15-13-11-9-7-2/h55-56H,6-54H2,1-5H3/p+1. The van der Waals surface area contributed by atoms with E-state index in [1.807, 2.05) is 21.1 Å². The molecule has 1 N–H and O–H groups in total. The number of carboxylic acid groups (broad SMARTS) is 1. The summed E-state index contributed by atoms with van der Waals surface area (Å²) < 4.78 is 17.4. The molecule has 8 nitrogen and oxygen atoms in total. The Kier molecular flexibility index (Phi) is 49.4. The highest BCUT2D eigenvalue weighted by atomic mass is 16.6. The molecule has 398 valence electrons. The van der Waals surface area contributed by atoms with E-state index in [2.05, 4.69) is 13.8 Å². The zero-order valence-electron chi connectivity index (χ0n) is 45.6. The van der Waals surface area contributed by atoms with E-state index in [4.69, 9.17) is 14.2 Å². The third kappa shape index (κ3) is 49.1. The van der Waals surface area contributed by atoms with E-state index in [9.17, 15) is 19.5 Å². The van der Waals surface area contributed by atoms with Gasteiger partial charge in [0, 0.05) is 19.3 Å². The number of esters is 2. The predicted octanol–water partition coefficient (Wildman–Crippen LogP) is 17.6. The van der Waals surface area contributed by atoms with Crippen LogP contribution in [0.1, 0.15) is 309 Å². The second kappa shape index (κ2) is 50.7. The molecule has 0 aromatic heterocycles. The van der Waals surface area contributed by atoms with Gasteiger partial charge < -0.3 is 23.8 Å². The predicted molar refractivity (Wildman–Crippen MR) is 285 cm³/mol. The lowest BCUT2D eigenvalue weighted by Crippen LogP contribution is -2.50. The monoisotopic (exact) mass is 951 g/mol. The molecule has 0 aliphatic rings. The minimum atomic E-state index is -0.867. The van der Waals surface area contributed by atoms with E-state index in [0.717, 1.165) is 38.5 Å². The summed E-state index contributed by atoms with van der Waals surface area (Å²) in [5.74, 6) is -1.43. The number of quaternary nitrogens is 1. The highest BCUT2D eigenvalue weighted by Gasteiger charge is 2.31. The van der Waals surface area contributed by atoms with Crippen molar-refractivity contribution in [2.45, 2.75) is 321 Å². The van der Waals surface area contributed by atoms with Crippen LogP contribution >= 0.6 is 0 Å². The third-order valence-electron chi connectivity index (χ3n) is 14.0. The molecule has 0 amide bonds. The SMILES string of the molecule is CCCCCCCCCCCCCCCCCCCCCCCCC(=O)OCC(COCCC(C(=O)O)[N+](C)(C)C)OC(=O)CCCCCCCCCCCCCCCCCCCCCCC. The van der Waals surface area contributed by atoms with Gasteiger partial charge in [0.1, 0.15) is 6.61 Å². The van der Waals surface area contributed by atoms with Crippen molar-refractivity contribution in [2.24, 2.45) is 0 Å². The lowest BCUT2D eigenvalue weighted by molar-refractivity contribution is -0.887. The first-order chi connectivity index (χ1) is 32.6. The molecule has 67 heavy (non-hydrogen) atoms. The molecule has 0 aliphatic carbocycles. The molecule has 2 atom stereocenters. The lowest BCUT2D eigenvalue weighted by atomic mass is 10.0. The van der Waals surface area contributed by atoms with Gasteiger partial charge in [0.25, 0.3) is 0 Å². The molecular weight excluding hydrogens is 835 g/mol. The van der Waals surface area contributed by atoms with Gasteiger partial charge in [-0.05, 0) is 12.8 Å². The summed E-state index contributed by atoms with van der Waals surface area (Å²) >= 11 is 0. The average molecular weight is 952 g/mol. The molecule has 0 aromatic carbocycles. The Morgan fingerprint density at radius 2 is 0.657 bits per heavy atom. The number of rotatable bonds is 55. The maximum Gasteiger partial charge on any atom is 0.362 e. The van der Waals surface area contributed by atoms with Gasteiger partial charge in [0.05, 0.1) is 34.4 Å². The largest absolute Gasteiger partial charge is 0.477 e. The average Bonchev–Trinajstić information content (AvgIpc) is 3.29. The number of hydrogen-bond acceptors (Lipinski definition) is 6.